The summed E-state index contributed by atoms with van der Waals surface area (Å²) < 4.78 is 2.15. The van der Waals surface area contributed by atoms with Gasteiger partial charge in [0.05, 0.1) is 6.33 Å². The molecule has 138 valence electrons. The lowest BCUT2D eigenvalue weighted by atomic mass is 10.1. The maximum Gasteiger partial charge on any atom is 0.0945 e. The molecule has 26 heavy (non-hydrogen) atoms. The van der Waals surface area contributed by atoms with Crippen LogP contribution in [0.2, 0.25) is 0 Å². The normalized spacial score (nSPS) is 11.2. The number of thiophene rings is 1. The first kappa shape index (κ1) is 18.7. The molecule has 0 aliphatic heterocycles. The summed E-state index contributed by atoms with van der Waals surface area (Å²) in [6.45, 7) is 6.30. The fourth-order valence-electron chi connectivity index (χ4n) is 3.04. The van der Waals surface area contributed by atoms with Gasteiger partial charge in [-0.1, -0.05) is 12.1 Å². The third kappa shape index (κ3) is 5.19. The number of rotatable bonds is 9. The van der Waals surface area contributed by atoms with Gasteiger partial charge in [-0.25, -0.2) is 4.98 Å². The molecule has 5 heteroatoms. The van der Waals surface area contributed by atoms with Gasteiger partial charge >= 0.3 is 0 Å². The Hall–Kier alpha value is -2.11. The van der Waals surface area contributed by atoms with E-state index in [0.29, 0.717) is 0 Å². The summed E-state index contributed by atoms with van der Waals surface area (Å²) >= 11 is 1.86. The second-order valence-electron chi connectivity index (χ2n) is 6.95. The Morgan fingerprint density at radius 2 is 1.88 bits per heavy atom. The molecule has 0 unspecified atom stereocenters. The number of nitrogens with zero attached hydrogens (tertiary/aromatic N) is 4. The third-order valence-corrected chi connectivity index (χ3v) is 5.65. The van der Waals surface area contributed by atoms with Gasteiger partial charge in [0.25, 0.3) is 0 Å². The van der Waals surface area contributed by atoms with Crippen molar-refractivity contribution in [2.75, 3.05) is 25.5 Å². The molecule has 0 atom stereocenters. The van der Waals surface area contributed by atoms with Crippen LogP contribution in [0, 0.1) is 6.92 Å². The maximum absolute atomic E-state index is 4.13. The van der Waals surface area contributed by atoms with Gasteiger partial charge in [-0.15, -0.1) is 11.3 Å². The summed E-state index contributed by atoms with van der Waals surface area (Å²) in [6.07, 6.45) is 6.90. The summed E-state index contributed by atoms with van der Waals surface area (Å²) in [7, 11) is 4.16. The monoisotopic (exact) mass is 368 g/mol. The van der Waals surface area contributed by atoms with Gasteiger partial charge < -0.3 is 9.47 Å². The number of anilines is 1. The third-order valence-electron chi connectivity index (χ3n) is 4.64. The summed E-state index contributed by atoms with van der Waals surface area (Å²) in [4.78, 5) is 10.3. The molecule has 0 aliphatic rings. The second kappa shape index (κ2) is 9.01. The van der Waals surface area contributed by atoms with E-state index in [1.165, 1.54) is 21.7 Å². The quantitative estimate of drug-likeness (QED) is 0.559. The first-order valence-electron chi connectivity index (χ1n) is 9.09. The van der Waals surface area contributed by atoms with E-state index in [-0.39, 0.29) is 0 Å². The molecule has 4 nitrogen and oxygen atoms in total. The molecule has 0 bridgehead atoms. The Kier molecular flexibility index (Phi) is 6.47. The number of aryl methyl sites for hydroxylation is 2. The molecule has 3 rings (SSSR count). The van der Waals surface area contributed by atoms with E-state index >= 15 is 0 Å². The first-order chi connectivity index (χ1) is 12.6. The van der Waals surface area contributed by atoms with Crippen molar-refractivity contribution in [1.29, 1.82) is 0 Å². The molecule has 0 aliphatic carbocycles. The average molecular weight is 369 g/mol. The topological polar surface area (TPSA) is 24.3 Å². The van der Waals surface area contributed by atoms with Crippen LogP contribution in [0.1, 0.15) is 22.4 Å². The molecule has 0 fully saturated rings. The van der Waals surface area contributed by atoms with Crippen LogP contribution in [0.25, 0.3) is 0 Å². The minimum Gasteiger partial charge on any atom is -0.378 e. The standard InChI is InChI=1S/C21H28N4S/c1-18-9-14-26-21(18)16-25(12-4-11-24-13-10-22-17-24)15-19-5-7-20(8-6-19)23(2)3/h5-10,13-14,17H,4,11-12,15-16H2,1-3H3. The van der Waals surface area contributed by atoms with Crippen molar-refractivity contribution in [3.63, 3.8) is 0 Å². The molecule has 0 spiro atoms. The van der Waals surface area contributed by atoms with E-state index in [2.05, 4.69) is 76.1 Å². The lowest BCUT2D eigenvalue weighted by Crippen LogP contribution is -2.25. The molecule has 0 saturated carbocycles. The van der Waals surface area contributed by atoms with Crippen molar-refractivity contribution >= 4 is 17.0 Å². The maximum atomic E-state index is 4.13. The van der Waals surface area contributed by atoms with Gasteiger partial charge in [0.15, 0.2) is 0 Å². The van der Waals surface area contributed by atoms with E-state index in [0.717, 1.165) is 32.6 Å². The minimum absolute atomic E-state index is 0.981. The summed E-state index contributed by atoms with van der Waals surface area (Å²) in [5.74, 6) is 0. The lowest BCUT2D eigenvalue weighted by Gasteiger charge is -2.23. The molecule has 1 aromatic carbocycles. The SMILES string of the molecule is Cc1ccsc1CN(CCCn1ccnc1)Cc1ccc(N(C)C)cc1. The van der Waals surface area contributed by atoms with E-state index in [1.807, 2.05) is 30.1 Å². The highest BCUT2D eigenvalue weighted by Crippen LogP contribution is 2.20. The molecular formula is C21H28N4S. The van der Waals surface area contributed by atoms with Gasteiger partial charge in [0, 0.05) is 63.2 Å². The highest BCUT2D eigenvalue weighted by molar-refractivity contribution is 7.10. The number of benzene rings is 1. The van der Waals surface area contributed by atoms with Crippen molar-refractivity contribution in [2.45, 2.75) is 33.0 Å². The number of imidazole rings is 1. The lowest BCUT2D eigenvalue weighted by molar-refractivity contribution is 0.250. The summed E-state index contributed by atoms with van der Waals surface area (Å²) in [5, 5.41) is 2.19. The zero-order valence-corrected chi connectivity index (χ0v) is 16.7. The highest BCUT2D eigenvalue weighted by Gasteiger charge is 2.10. The van der Waals surface area contributed by atoms with Crippen molar-refractivity contribution in [3.05, 3.63) is 70.4 Å². The Balaban J connectivity index is 1.64. The van der Waals surface area contributed by atoms with Crippen LogP contribution in [0.5, 0.6) is 0 Å². The van der Waals surface area contributed by atoms with Crippen LogP contribution in [-0.4, -0.2) is 35.1 Å². The van der Waals surface area contributed by atoms with Crippen molar-refractivity contribution in [1.82, 2.24) is 14.5 Å². The van der Waals surface area contributed by atoms with Crippen LogP contribution in [0.15, 0.2) is 54.4 Å². The van der Waals surface area contributed by atoms with Gasteiger partial charge in [-0.2, -0.15) is 0 Å². The van der Waals surface area contributed by atoms with Gasteiger partial charge in [-0.3, -0.25) is 4.90 Å². The number of hydrogen-bond donors (Lipinski definition) is 0. The summed E-state index contributed by atoms with van der Waals surface area (Å²) in [5.41, 5.74) is 4.01. The van der Waals surface area contributed by atoms with Crippen LogP contribution >= 0.6 is 11.3 Å². The van der Waals surface area contributed by atoms with Crippen LogP contribution in [0.4, 0.5) is 5.69 Å². The molecule has 2 heterocycles. The zero-order valence-electron chi connectivity index (χ0n) is 15.9. The van der Waals surface area contributed by atoms with Crippen molar-refractivity contribution in [2.24, 2.45) is 0 Å². The summed E-state index contributed by atoms with van der Waals surface area (Å²) in [6, 6.07) is 11.1. The van der Waals surface area contributed by atoms with Crippen molar-refractivity contribution in [3.8, 4) is 0 Å². The average Bonchev–Trinajstić information content (AvgIpc) is 3.28. The second-order valence-corrected chi connectivity index (χ2v) is 7.95. The van der Waals surface area contributed by atoms with Crippen LogP contribution < -0.4 is 4.90 Å². The van der Waals surface area contributed by atoms with Crippen LogP contribution in [-0.2, 0) is 19.6 Å². The van der Waals surface area contributed by atoms with Gasteiger partial charge in [0.2, 0.25) is 0 Å². The predicted octanol–water partition coefficient (Wildman–Crippen LogP) is 4.41. The molecule has 0 radical (unpaired) electrons. The van der Waals surface area contributed by atoms with Crippen LogP contribution in [0.3, 0.4) is 0 Å². The predicted molar refractivity (Wildman–Crippen MR) is 111 cm³/mol. The molecule has 0 saturated heterocycles. The Morgan fingerprint density at radius 1 is 1.08 bits per heavy atom. The largest absolute Gasteiger partial charge is 0.378 e. The van der Waals surface area contributed by atoms with E-state index in [4.69, 9.17) is 0 Å². The van der Waals surface area contributed by atoms with E-state index in [9.17, 15) is 0 Å². The Morgan fingerprint density at radius 3 is 2.50 bits per heavy atom. The van der Waals surface area contributed by atoms with Gasteiger partial charge in [0.1, 0.15) is 0 Å². The first-order valence-corrected chi connectivity index (χ1v) is 9.97. The highest BCUT2D eigenvalue weighted by atomic mass is 32.1. The molecule has 2 aromatic heterocycles. The fraction of sp³-hybridized carbons (Fsp3) is 0.381. The molecule has 0 amide bonds. The van der Waals surface area contributed by atoms with Crippen molar-refractivity contribution < 1.29 is 0 Å². The smallest absolute Gasteiger partial charge is 0.0945 e. The molecule has 3 aromatic rings. The molecular weight excluding hydrogens is 340 g/mol. The van der Waals surface area contributed by atoms with E-state index in [1.54, 1.807) is 0 Å². The zero-order chi connectivity index (χ0) is 18.4. The minimum atomic E-state index is 0.981. The fourth-order valence-corrected chi connectivity index (χ4v) is 3.98. The Bertz CT molecular complexity index is 775. The molecule has 0 N–H and O–H groups in total. The van der Waals surface area contributed by atoms with Gasteiger partial charge in [-0.05, 0) is 48.1 Å². The van der Waals surface area contributed by atoms with E-state index < -0.39 is 0 Å². The number of aromatic nitrogens is 2. The Labute approximate surface area is 160 Å². The number of hydrogen-bond acceptors (Lipinski definition) is 4.